The van der Waals surface area contributed by atoms with Gasteiger partial charge in [-0.15, -0.1) is 0 Å². The van der Waals surface area contributed by atoms with E-state index in [-0.39, 0.29) is 0 Å². The van der Waals surface area contributed by atoms with Crippen LogP contribution >= 0.6 is 0 Å². The Morgan fingerprint density at radius 3 is 0.475 bits per heavy atom. The van der Waals surface area contributed by atoms with Crippen LogP contribution in [0.5, 0.6) is 0 Å². The molecule has 602 valence electrons. The van der Waals surface area contributed by atoms with Gasteiger partial charge in [0.15, 0.2) is 0 Å². The Morgan fingerprint density at radius 1 is 0.0917 bits per heavy atom. The van der Waals surface area contributed by atoms with Crippen LogP contribution in [0.3, 0.4) is 0 Å². The summed E-state index contributed by atoms with van der Waals surface area (Å²) in [5.41, 5.74) is 44.3. The van der Waals surface area contributed by atoms with E-state index in [1.54, 1.807) is 0 Å². The van der Waals surface area contributed by atoms with Crippen LogP contribution in [-0.4, -0.2) is 0 Å². The van der Waals surface area contributed by atoms with E-state index in [9.17, 15) is 0 Å². The van der Waals surface area contributed by atoms with E-state index in [1.807, 2.05) is 0 Å². The van der Waals surface area contributed by atoms with Crippen LogP contribution in [0, 0.1) is 125 Å². The number of hydrogen-bond donors (Lipinski definition) is 0. The molecule has 120 heavy (non-hydrogen) atoms. The van der Waals surface area contributed by atoms with Crippen molar-refractivity contribution in [2.75, 3.05) is 0 Å². The van der Waals surface area contributed by atoms with Crippen molar-refractivity contribution in [2.45, 2.75) is 125 Å². The number of hydrogen-bond acceptors (Lipinski definition) is 0. The minimum absolute atomic E-state index is 1.26. The fourth-order valence-corrected chi connectivity index (χ4v) is 13.3. The molecule has 17 rings (SSSR count). The second kappa shape index (κ2) is 47.2. The largest absolute Gasteiger partial charge is 0.0620 e. The first-order valence-electron chi connectivity index (χ1n) is 42.0. The lowest BCUT2D eigenvalue weighted by atomic mass is 9.98. The van der Waals surface area contributed by atoms with Gasteiger partial charge in [0, 0.05) is 0 Å². The Bertz CT molecular complexity index is 5690. The zero-order valence-electron chi connectivity index (χ0n) is 74.3. The molecule has 17 aromatic carbocycles. The third kappa shape index (κ3) is 31.0. The second-order valence-corrected chi connectivity index (χ2v) is 31.9. The van der Waals surface area contributed by atoms with Crippen molar-refractivity contribution < 1.29 is 0 Å². The predicted molar refractivity (Wildman–Crippen MR) is 527 cm³/mol. The average Bonchev–Trinajstić information content (AvgIpc) is 0.988. The van der Waals surface area contributed by atoms with Crippen LogP contribution in [0.4, 0.5) is 0 Å². The van der Waals surface area contributed by atoms with Gasteiger partial charge in [0.2, 0.25) is 0 Å². The lowest BCUT2D eigenvalue weighted by molar-refractivity contribution is 1.34. The molecule has 0 amide bonds. The Morgan fingerprint density at radius 2 is 0.250 bits per heavy atom. The molecule has 17 aromatic rings. The predicted octanol–water partition coefficient (Wildman–Crippen LogP) is 34.1. The molecule has 0 saturated carbocycles. The smallest absolute Gasteiger partial charge is 0.0155 e. The minimum atomic E-state index is 1.26. The van der Waals surface area contributed by atoms with Crippen molar-refractivity contribution in [2.24, 2.45) is 0 Å². The van der Waals surface area contributed by atoms with Crippen LogP contribution in [0.2, 0.25) is 0 Å². The average molecular weight is 1560 g/mol. The first-order chi connectivity index (χ1) is 57.9. The zero-order chi connectivity index (χ0) is 85.7. The minimum Gasteiger partial charge on any atom is -0.0620 e. The van der Waals surface area contributed by atoms with Gasteiger partial charge < -0.3 is 0 Å². The Hall–Kier alpha value is -13.3. The summed E-state index contributed by atoms with van der Waals surface area (Å²) in [6, 6.07) is 146. The SMILES string of the molecule is Cc1ccc(-c2ccc(-c3ccc(C)cc3)cc2)cc1.Cc1ccc(-c2ccc(C)cc2)cc1.Cc1ccc(-c2cccc(-c3cccc(C)c3)c2)cc1.Cc1ccc(-c2cccc(C)c2)cc1.Cc1ccc(C)cc1.Cc1cccc(-c2cccc(C)c2)c1.Cc1cccc(-c2ccccc2C)c1.Cc1cccc(C)c1.Cc1ccccc1C. The van der Waals surface area contributed by atoms with E-state index < -0.39 is 0 Å². The second-order valence-electron chi connectivity index (χ2n) is 31.9. The van der Waals surface area contributed by atoms with Crippen LogP contribution in [0.15, 0.2) is 413 Å². The highest BCUT2D eigenvalue weighted by molar-refractivity contribution is 5.75. The van der Waals surface area contributed by atoms with Gasteiger partial charge in [0.25, 0.3) is 0 Å². The summed E-state index contributed by atoms with van der Waals surface area (Å²) >= 11 is 0. The van der Waals surface area contributed by atoms with Gasteiger partial charge in [-0.1, -0.05) is 490 Å². The molecule has 0 saturated heterocycles. The molecule has 0 aromatic heterocycles. The standard InChI is InChI=1S/2C20H18.4C14H14.3C8H10/c1-15-3-7-17(8-4-15)19-11-13-20(14-12-19)18-9-5-16(2)6-10-18;1-15-9-11-17(12-10-15)19-7-4-8-20(14-19)18-6-3-5-16(2)13-18;1-11-3-7-13(8-4-11)14-9-5-12(2)6-10-14;1-11-5-3-7-13(9-11)14-8-4-6-12(2)10-14;1-11-6-5-8-13(10-11)14-9-4-3-7-12(14)2;1-11-6-8-13(9-7-11)14-5-3-4-12(2)10-14;1-7-3-5-8(2)6-4-7;1-7-4-3-5-8(2)6-7;1-7-5-3-4-6-8(7)2/h2*3-14H,1-2H3;4*3-10H,1-2H3;3*3-6H,1-2H3. The van der Waals surface area contributed by atoms with Crippen molar-refractivity contribution in [1.29, 1.82) is 0 Å². The molecule has 0 aliphatic rings. The maximum atomic E-state index is 2.26. The lowest BCUT2D eigenvalue weighted by Crippen LogP contribution is -1.82. The Kier molecular flexibility index (Phi) is 35.7. The van der Waals surface area contributed by atoms with E-state index in [1.165, 1.54) is 189 Å². The summed E-state index contributed by atoms with van der Waals surface area (Å²) in [5.74, 6) is 0. The van der Waals surface area contributed by atoms with Crippen molar-refractivity contribution in [3.63, 3.8) is 0 Å². The monoisotopic (exact) mass is 1560 g/mol. The number of aryl methyl sites for hydroxylation is 18. The maximum absolute atomic E-state index is 2.26. The van der Waals surface area contributed by atoms with Crippen molar-refractivity contribution >= 4 is 0 Å². The normalized spacial score (nSPS) is 10.1. The molecule has 0 radical (unpaired) electrons. The van der Waals surface area contributed by atoms with E-state index in [0.29, 0.717) is 0 Å². The molecule has 0 spiro atoms. The van der Waals surface area contributed by atoms with Crippen molar-refractivity contribution in [1.82, 2.24) is 0 Å². The number of rotatable bonds is 8. The van der Waals surface area contributed by atoms with E-state index in [0.717, 1.165) is 0 Å². The molecule has 0 fully saturated rings. The Labute approximate surface area is 721 Å². The van der Waals surface area contributed by atoms with Crippen LogP contribution in [0.1, 0.15) is 100 Å². The topological polar surface area (TPSA) is 0 Å². The molecular weight excluding hydrogens is 1440 g/mol. The molecule has 0 unspecified atom stereocenters. The van der Waals surface area contributed by atoms with E-state index in [2.05, 4.69) is 537 Å². The first kappa shape index (κ1) is 90.7. The van der Waals surface area contributed by atoms with Gasteiger partial charge in [-0.2, -0.15) is 0 Å². The van der Waals surface area contributed by atoms with Crippen molar-refractivity contribution in [3.8, 4) is 89.0 Å². The summed E-state index contributed by atoms with van der Waals surface area (Å²) in [6.07, 6.45) is 0. The van der Waals surface area contributed by atoms with Gasteiger partial charge in [-0.25, -0.2) is 0 Å². The Balaban J connectivity index is 0.000000156. The number of benzene rings is 17. The van der Waals surface area contributed by atoms with E-state index in [4.69, 9.17) is 0 Å². The van der Waals surface area contributed by atoms with Crippen LogP contribution in [0.25, 0.3) is 89.0 Å². The van der Waals surface area contributed by atoms with Crippen LogP contribution in [-0.2, 0) is 0 Å². The molecule has 0 heteroatoms. The molecule has 0 atom stereocenters. The first-order valence-corrected chi connectivity index (χ1v) is 42.0. The molecule has 0 heterocycles. The quantitative estimate of drug-likeness (QED) is 0.142. The molecule has 0 aliphatic heterocycles. The highest BCUT2D eigenvalue weighted by atomic mass is 14.1. The molecule has 0 bridgehead atoms. The van der Waals surface area contributed by atoms with Gasteiger partial charge in [0.05, 0.1) is 0 Å². The zero-order valence-corrected chi connectivity index (χ0v) is 74.3. The van der Waals surface area contributed by atoms with Gasteiger partial charge in [0.1, 0.15) is 0 Å². The summed E-state index contributed by atoms with van der Waals surface area (Å²) in [5, 5.41) is 0. The third-order valence-electron chi connectivity index (χ3n) is 20.8. The lowest BCUT2D eigenvalue weighted by Gasteiger charge is -2.07. The summed E-state index contributed by atoms with van der Waals surface area (Å²) < 4.78 is 0. The fourth-order valence-electron chi connectivity index (χ4n) is 13.3. The fraction of sp³-hybridized carbons (Fsp3) is 0.150. The maximum Gasteiger partial charge on any atom is -0.0155 e. The third-order valence-corrected chi connectivity index (χ3v) is 20.8. The molecule has 0 nitrogen and oxygen atoms in total. The molecular formula is C120H122. The van der Waals surface area contributed by atoms with Gasteiger partial charge >= 0.3 is 0 Å². The highest BCUT2D eigenvalue weighted by Crippen LogP contribution is 2.31. The molecule has 0 aliphatic carbocycles. The summed E-state index contributed by atoms with van der Waals surface area (Å²) in [4.78, 5) is 0. The van der Waals surface area contributed by atoms with Gasteiger partial charge in [-0.3, -0.25) is 0 Å². The van der Waals surface area contributed by atoms with E-state index >= 15 is 0 Å². The summed E-state index contributed by atoms with van der Waals surface area (Å²) in [7, 11) is 0. The highest BCUT2D eigenvalue weighted by Gasteiger charge is 2.06. The summed E-state index contributed by atoms with van der Waals surface area (Å²) in [6.45, 7) is 38.1. The van der Waals surface area contributed by atoms with Gasteiger partial charge in [-0.05, 0) is 236 Å². The molecule has 0 N–H and O–H groups in total. The van der Waals surface area contributed by atoms with Crippen LogP contribution < -0.4 is 0 Å². The van der Waals surface area contributed by atoms with Crippen molar-refractivity contribution in [3.05, 3.63) is 513 Å².